The molecule has 1 aromatic heterocycles. The van der Waals surface area contributed by atoms with Crippen LogP contribution in [0.2, 0.25) is 0 Å². The van der Waals surface area contributed by atoms with Crippen LogP contribution >= 0.6 is 12.4 Å². The number of para-hydroxylation sites is 1. The molecule has 0 saturated heterocycles. The summed E-state index contributed by atoms with van der Waals surface area (Å²) in [6.45, 7) is 6.22. The van der Waals surface area contributed by atoms with E-state index in [0.717, 1.165) is 11.9 Å². The van der Waals surface area contributed by atoms with Crippen LogP contribution in [0.1, 0.15) is 19.8 Å². The molecule has 1 aromatic carbocycles. The van der Waals surface area contributed by atoms with Crippen molar-refractivity contribution in [1.82, 2.24) is 4.98 Å². The van der Waals surface area contributed by atoms with Gasteiger partial charge in [-0.05, 0) is 0 Å². The van der Waals surface area contributed by atoms with Gasteiger partial charge in [0.15, 0.2) is 0 Å². The molecule has 0 bridgehead atoms. The van der Waals surface area contributed by atoms with Gasteiger partial charge in [0, 0.05) is 19.5 Å². The smallest absolute Gasteiger partial charge is 0 e. The third-order valence-corrected chi connectivity index (χ3v) is 1.75. The topological polar surface area (TPSA) is 53.1 Å². The molecule has 5 heteroatoms. The minimum atomic E-state index is 0. The average molecular weight is 320 g/mol. The number of benzene rings is 1. The number of fused-ring (bicyclic) bond motifs is 1. The van der Waals surface area contributed by atoms with Crippen LogP contribution in [0.25, 0.3) is 10.9 Å². The summed E-state index contributed by atoms with van der Waals surface area (Å²) in [6.07, 6.45) is 5.19. The van der Waals surface area contributed by atoms with Crippen molar-refractivity contribution in [2.24, 2.45) is 0 Å². The molecule has 98 valence electrons. The number of rotatable bonds is 1. The van der Waals surface area contributed by atoms with E-state index in [2.05, 4.69) is 31.1 Å². The van der Waals surface area contributed by atoms with Crippen LogP contribution in [0.15, 0.2) is 30.3 Å². The summed E-state index contributed by atoms with van der Waals surface area (Å²) in [5.41, 5.74) is 1.15. The molecule has 2 N–H and O–H groups in total. The number of nitrogens with one attached hydrogen (secondary N) is 1. The fraction of sp³-hybridized carbons (Fsp3) is 0.231. The number of aromatic nitrogens is 1. The molecule has 0 atom stereocenters. The van der Waals surface area contributed by atoms with E-state index in [1.54, 1.807) is 0 Å². The molecule has 1 heterocycles. The largest absolute Gasteiger partial charge is 0.665 e. The van der Waals surface area contributed by atoms with E-state index in [1.807, 2.05) is 24.3 Å². The molecular formula is C13H17ClNO2Zn-3. The van der Waals surface area contributed by atoms with Crippen LogP contribution in [0, 0.1) is 13.1 Å². The van der Waals surface area contributed by atoms with E-state index >= 15 is 0 Å². The first kappa shape index (κ1) is 22.3. The third-order valence-electron chi connectivity index (χ3n) is 1.75. The van der Waals surface area contributed by atoms with Crippen molar-refractivity contribution in [2.45, 2.75) is 19.8 Å². The van der Waals surface area contributed by atoms with Crippen molar-refractivity contribution in [2.75, 3.05) is 0 Å². The van der Waals surface area contributed by atoms with Gasteiger partial charge in [-0.3, -0.25) is 0 Å². The maximum atomic E-state index is 8.24. The maximum Gasteiger partial charge on any atom is 0 e. The Morgan fingerprint density at radius 2 is 1.94 bits per heavy atom. The Bertz CT molecular complexity index is 361. The molecule has 3 nitrogen and oxygen atoms in total. The first-order chi connectivity index (χ1) is 7.79. The summed E-state index contributed by atoms with van der Waals surface area (Å²) in [7, 11) is 0. The molecule has 2 aromatic rings. The first-order valence-corrected chi connectivity index (χ1v) is 5.04. The van der Waals surface area contributed by atoms with Gasteiger partial charge < -0.3 is 21.8 Å². The van der Waals surface area contributed by atoms with Gasteiger partial charge >= 0.3 is 0 Å². The maximum absolute atomic E-state index is 8.24. The van der Waals surface area contributed by atoms with Crippen LogP contribution in [0.5, 0.6) is 0 Å². The second-order valence-electron chi connectivity index (χ2n) is 2.95. The fourth-order valence-electron chi connectivity index (χ4n) is 0.928. The van der Waals surface area contributed by atoms with Crippen molar-refractivity contribution < 1.29 is 29.4 Å². The Morgan fingerprint density at radius 3 is 2.39 bits per heavy atom. The van der Waals surface area contributed by atoms with Gasteiger partial charge in [0.2, 0.25) is 0 Å². The molecule has 0 aliphatic heterocycles. The number of hydrogen-bond acceptors (Lipinski definition) is 1. The van der Waals surface area contributed by atoms with Crippen LogP contribution in [-0.4, -0.2) is 16.6 Å². The fourth-order valence-corrected chi connectivity index (χ4v) is 0.928. The zero-order chi connectivity index (χ0) is 12.2. The van der Waals surface area contributed by atoms with Crippen LogP contribution in [0.3, 0.4) is 0 Å². The Balaban J connectivity index is -0.000000219. The molecule has 0 fully saturated rings. The van der Waals surface area contributed by atoms with Crippen molar-refractivity contribution >= 4 is 29.8 Å². The van der Waals surface area contributed by atoms with Gasteiger partial charge in [0.1, 0.15) is 0 Å². The van der Waals surface area contributed by atoms with Crippen LogP contribution in [0.4, 0.5) is 0 Å². The zero-order valence-corrected chi connectivity index (χ0v) is 14.3. The zero-order valence-electron chi connectivity index (χ0n) is 10.5. The Kier molecular flexibility index (Phi) is 20.0. The van der Waals surface area contributed by atoms with Gasteiger partial charge in [-0.15, -0.1) is 36.3 Å². The summed E-state index contributed by atoms with van der Waals surface area (Å²) in [5, 5.41) is 7.98. The number of H-pyrrole nitrogens is 1. The summed E-state index contributed by atoms with van der Waals surface area (Å²) in [5.74, 6) is 0. The molecule has 2 rings (SSSR count). The van der Waals surface area contributed by atoms with Gasteiger partial charge in [-0.25, -0.2) is 0 Å². The second kappa shape index (κ2) is 16.1. The number of halogens is 1. The molecule has 0 spiro atoms. The minimum absolute atomic E-state index is 0. The summed E-state index contributed by atoms with van der Waals surface area (Å²) >= 11 is 0. The van der Waals surface area contributed by atoms with E-state index < -0.39 is 0 Å². The number of aliphatic hydroxyl groups excluding tert-OH is 1. The first-order valence-electron chi connectivity index (χ1n) is 5.04. The Labute approximate surface area is 127 Å². The SMILES string of the molecule is Cl.O=[C-]O.[CH2-]CCC.[Zn].[c-]1cc2ccccc2[nH]1. The van der Waals surface area contributed by atoms with E-state index in [4.69, 9.17) is 9.90 Å². The molecule has 0 amide bonds. The monoisotopic (exact) mass is 318 g/mol. The minimum Gasteiger partial charge on any atom is -0.665 e. The standard InChI is InChI=1S/C8H6N.C4H9.CHO2.ClH.Zn/c1-2-4-8-7(3-1)5-6-9-8;1-3-4-2;2-1-3;;/h1-5,9H;1,3-4H2,2H3;(H,2,3);1H;/q3*-1;;. The molecule has 0 radical (unpaired) electrons. The molecule has 0 saturated carbocycles. The van der Waals surface area contributed by atoms with Gasteiger partial charge in [0.05, 0.1) is 0 Å². The summed E-state index contributed by atoms with van der Waals surface area (Å²) in [4.78, 5) is 11.2. The van der Waals surface area contributed by atoms with Gasteiger partial charge in [-0.2, -0.15) is 17.9 Å². The van der Waals surface area contributed by atoms with Crippen molar-refractivity contribution in [1.29, 1.82) is 0 Å². The van der Waals surface area contributed by atoms with Crippen LogP contribution in [-0.2, 0) is 24.3 Å². The van der Waals surface area contributed by atoms with Gasteiger partial charge in [-0.1, -0.05) is 31.9 Å². The predicted octanol–water partition coefficient (Wildman–Crippen LogP) is 3.62. The predicted molar refractivity (Wildman–Crippen MR) is 73.0 cm³/mol. The quantitative estimate of drug-likeness (QED) is 0.623. The molecular weight excluding hydrogens is 303 g/mol. The summed E-state index contributed by atoms with van der Waals surface area (Å²) < 4.78 is 0. The van der Waals surface area contributed by atoms with Crippen molar-refractivity contribution in [3.63, 3.8) is 0 Å². The molecule has 0 aliphatic carbocycles. The van der Waals surface area contributed by atoms with Crippen molar-refractivity contribution in [3.05, 3.63) is 43.5 Å². The van der Waals surface area contributed by atoms with E-state index in [1.165, 1.54) is 11.8 Å². The molecule has 18 heavy (non-hydrogen) atoms. The van der Waals surface area contributed by atoms with E-state index in [9.17, 15) is 0 Å². The molecule has 0 aliphatic rings. The Hall–Kier alpha value is -0.857. The van der Waals surface area contributed by atoms with E-state index in [-0.39, 0.29) is 31.9 Å². The molecule has 0 unspecified atom stereocenters. The summed E-state index contributed by atoms with van der Waals surface area (Å²) in [6, 6.07) is 10.1. The number of aromatic amines is 1. The van der Waals surface area contributed by atoms with Gasteiger partial charge in [0.25, 0.3) is 0 Å². The van der Waals surface area contributed by atoms with E-state index in [0.29, 0.717) is 6.47 Å². The third kappa shape index (κ3) is 10.3. The van der Waals surface area contributed by atoms with Crippen LogP contribution < -0.4 is 0 Å². The average Bonchev–Trinajstić information content (AvgIpc) is 2.78. The Morgan fingerprint density at radius 1 is 1.44 bits per heavy atom. The second-order valence-corrected chi connectivity index (χ2v) is 2.95. The number of hydrogen-bond donors (Lipinski definition) is 2. The number of unbranched alkanes of at least 4 members (excludes halogenated alkanes) is 1. The van der Waals surface area contributed by atoms with Crippen molar-refractivity contribution in [3.8, 4) is 0 Å². The normalized spacial score (nSPS) is 7.44.